The monoisotopic (exact) mass is 359 g/mol. The van der Waals surface area contributed by atoms with Crippen molar-refractivity contribution in [3.8, 4) is 5.75 Å². The van der Waals surface area contributed by atoms with Crippen LogP contribution in [-0.2, 0) is 6.54 Å². The number of carbonyl (C=O) groups excluding carboxylic acids is 1. The van der Waals surface area contributed by atoms with Crippen molar-refractivity contribution in [3.63, 3.8) is 0 Å². The molecule has 3 N–H and O–H groups in total. The first kappa shape index (κ1) is 17.6. The number of aliphatic hydroxyl groups excluding tert-OH is 1. The van der Waals surface area contributed by atoms with Crippen molar-refractivity contribution in [2.45, 2.75) is 6.54 Å². The number of aromatic nitrogens is 3. The Morgan fingerprint density at radius 2 is 2.12 bits per heavy atom. The van der Waals surface area contributed by atoms with Gasteiger partial charge in [-0.15, -0.1) is 0 Å². The SMILES string of the molecule is CO.O=C1NCCOc2ccc(F)cc2CNc2ccn3ncc1c3n2. The van der Waals surface area contributed by atoms with Gasteiger partial charge in [0.2, 0.25) is 0 Å². The van der Waals surface area contributed by atoms with Gasteiger partial charge in [0.05, 0.1) is 12.7 Å². The Morgan fingerprint density at radius 1 is 1.27 bits per heavy atom. The molecule has 0 aliphatic carbocycles. The molecule has 0 atom stereocenters. The Hall–Kier alpha value is -3.20. The molecular formula is C17H18FN5O3. The molecule has 0 saturated carbocycles. The standard InChI is InChI=1S/C16H14FN5O2.CH4O/c17-11-1-2-13-10(7-11)8-19-14-3-5-22-15(21-14)12(9-20-22)16(23)18-4-6-24-13;1-2/h1-3,5,7,9H,4,6,8H2,(H,18,23)(H,19,21);2H,1H3. The van der Waals surface area contributed by atoms with E-state index in [4.69, 9.17) is 9.84 Å². The second-order valence-corrected chi connectivity index (χ2v) is 5.35. The fourth-order valence-corrected chi connectivity index (χ4v) is 2.56. The molecule has 1 aliphatic rings. The number of benzene rings is 1. The van der Waals surface area contributed by atoms with Crippen molar-refractivity contribution in [2.24, 2.45) is 0 Å². The van der Waals surface area contributed by atoms with Gasteiger partial charge < -0.3 is 20.5 Å². The summed E-state index contributed by atoms with van der Waals surface area (Å²) in [6, 6.07) is 6.08. The van der Waals surface area contributed by atoms with E-state index in [0.717, 1.165) is 7.11 Å². The molecule has 9 heteroatoms. The first-order valence-electron chi connectivity index (χ1n) is 7.93. The lowest BCUT2D eigenvalue weighted by atomic mass is 10.2. The predicted octanol–water partition coefficient (Wildman–Crippen LogP) is 1.21. The number of aliphatic hydroxyl groups is 1. The van der Waals surface area contributed by atoms with Gasteiger partial charge in [0.1, 0.15) is 29.6 Å². The minimum atomic E-state index is -0.335. The normalized spacial score (nSPS) is 13.7. The maximum atomic E-state index is 13.5. The van der Waals surface area contributed by atoms with Crippen LogP contribution in [0.2, 0.25) is 0 Å². The van der Waals surface area contributed by atoms with Gasteiger partial charge in [-0.2, -0.15) is 5.10 Å². The average Bonchev–Trinajstić information content (AvgIpc) is 3.09. The van der Waals surface area contributed by atoms with E-state index in [-0.39, 0.29) is 18.3 Å². The minimum Gasteiger partial charge on any atom is -0.491 e. The number of nitrogens with one attached hydrogen (secondary N) is 2. The molecule has 136 valence electrons. The number of nitrogens with zero attached hydrogens (tertiary/aromatic N) is 3. The van der Waals surface area contributed by atoms with Crippen LogP contribution in [0.5, 0.6) is 5.75 Å². The number of halogens is 1. The third kappa shape index (κ3) is 3.57. The number of carbonyl (C=O) groups is 1. The van der Waals surface area contributed by atoms with E-state index in [1.54, 1.807) is 18.3 Å². The van der Waals surface area contributed by atoms with E-state index < -0.39 is 0 Å². The van der Waals surface area contributed by atoms with Crippen LogP contribution in [0.25, 0.3) is 5.65 Å². The summed E-state index contributed by atoms with van der Waals surface area (Å²) in [7, 11) is 1.00. The molecule has 2 aromatic heterocycles. The van der Waals surface area contributed by atoms with Crippen LogP contribution in [-0.4, -0.2) is 45.9 Å². The summed E-state index contributed by atoms with van der Waals surface area (Å²) >= 11 is 0. The van der Waals surface area contributed by atoms with Gasteiger partial charge in [0.25, 0.3) is 5.91 Å². The van der Waals surface area contributed by atoms with Gasteiger partial charge in [0, 0.05) is 25.4 Å². The maximum absolute atomic E-state index is 13.5. The molecule has 4 rings (SSSR count). The summed E-state index contributed by atoms with van der Waals surface area (Å²) in [5.74, 6) is 0.531. The molecule has 1 amide bonds. The van der Waals surface area contributed by atoms with E-state index in [2.05, 4.69) is 20.7 Å². The van der Waals surface area contributed by atoms with Gasteiger partial charge in [-0.05, 0) is 24.3 Å². The lowest BCUT2D eigenvalue weighted by Gasteiger charge is -2.12. The van der Waals surface area contributed by atoms with E-state index in [0.29, 0.717) is 41.4 Å². The summed E-state index contributed by atoms with van der Waals surface area (Å²) in [6.07, 6.45) is 3.19. The second-order valence-electron chi connectivity index (χ2n) is 5.35. The highest BCUT2D eigenvalue weighted by atomic mass is 19.1. The summed E-state index contributed by atoms with van der Waals surface area (Å²) in [5.41, 5.74) is 1.52. The van der Waals surface area contributed by atoms with Crippen molar-refractivity contribution in [1.82, 2.24) is 19.9 Å². The van der Waals surface area contributed by atoms with Gasteiger partial charge in [-0.25, -0.2) is 13.9 Å². The molecule has 8 nitrogen and oxygen atoms in total. The van der Waals surface area contributed by atoms with Crippen LogP contribution < -0.4 is 15.4 Å². The Balaban J connectivity index is 0.000000948. The van der Waals surface area contributed by atoms with E-state index in [9.17, 15) is 9.18 Å². The molecule has 1 aromatic carbocycles. The fraction of sp³-hybridized carbons (Fsp3) is 0.235. The summed E-state index contributed by atoms with van der Waals surface area (Å²) in [4.78, 5) is 16.7. The molecule has 0 unspecified atom stereocenters. The molecule has 3 heterocycles. The fourth-order valence-electron chi connectivity index (χ4n) is 2.56. The van der Waals surface area contributed by atoms with Crippen molar-refractivity contribution in [1.29, 1.82) is 0 Å². The zero-order chi connectivity index (χ0) is 18.5. The average molecular weight is 359 g/mol. The molecule has 0 spiro atoms. The quantitative estimate of drug-likeness (QED) is 0.558. The van der Waals surface area contributed by atoms with Crippen LogP contribution in [0, 0.1) is 5.82 Å². The third-order valence-corrected chi connectivity index (χ3v) is 3.74. The molecule has 1 aliphatic heterocycles. The van der Waals surface area contributed by atoms with Crippen molar-refractivity contribution < 1.29 is 19.0 Å². The second kappa shape index (κ2) is 7.79. The molecule has 0 radical (unpaired) electrons. The Labute approximate surface area is 148 Å². The minimum absolute atomic E-state index is 0.267. The zero-order valence-electron chi connectivity index (χ0n) is 14.1. The summed E-state index contributed by atoms with van der Waals surface area (Å²) in [6.45, 7) is 0.945. The van der Waals surface area contributed by atoms with Crippen LogP contribution in [0.1, 0.15) is 15.9 Å². The summed E-state index contributed by atoms with van der Waals surface area (Å²) in [5, 5.41) is 17.0. The highest BCUT2D eigenvalue weighted by molar-refractivity contribution is 5.99. The maximum Gasteiger partial charge on any atom is 0.256 e. The molecular weight excluding hydrogens is 341 g/mol. The van der Waals surface area contributed by atoms with Crippen LogP contribution in [0.15, 0.2) is 36.7 Å². The van der Waals surface area contributed by atoms with Crippen molar-refractivity contribution in [3.05, 3.63) is 53.6 Å². The topological polar surface area (TPSA) is 101 Å². The first-order valence-corrected chi connectivity index (χ1v) is 7.93. The predicted molar refractivity (Wildman–Crippen MR) is 92.7 cm³/mol. The van der Waals surface area contributed by atoms with Gasteiger partial charge >= 0.3 is 0 Å². The van der Waals surface area contributed by atoms with E-state index in [1.807, 2.05) is 0 Å². The Kier molecular flexibility index (Phi) is 5.28. The largest absolute Gasteiger partial charge is 0.491 e. The lowest BCUT2D eigenvalue weighted by molar-refractivity contribution is 0.0948. The molecule has 0 fully saturated rings. The van der Waals surface area contributed by atoms with E-state index >= 15 is 0 Å². The first-order chi connectivity index (χ1) is 12.7. The van der Waals surface area contributed by atoms with Crippen LogP contribution in [0.3, 0.4) is 0 Å². The lowest BCUT2D eigenvalue weighted by Crippen LogP contribution is -2.28. The van der Waals surface area contributed by atoms with Gasteiger partial charge in [0.15, 0.2) is 5.65 Å². The van der Waals surface area contributed by atoms with Gasteiger partial charge in [-0.1, -0.05) is 0 Å². The van der Waals surface area contributed by atoms with Crippen molar-refractivity contribution >= 4 is 17.4 Å². The summed E-state index contributed by atoms with van der Waals surface area (Å²) < 4.78 is 20.7. The Morgan fingerprint density at radius 3 is 2.96 bits per heavy atom. The van der Waals surface area contributed by atoms with Crippen LogP contribution >= 0.6 is 0 Å². The highest BCUT2D eigenvalue weighted by Gasteiger charge is 2.15. The number of fused-ring (bicyclic) bond motifs is 2. The number of rotatable bonds is 0. The van der Waals surface area contributed by atoms with Gasteiger partial charge in [-0.3, -0.25) is 4.79 Å². The zero-order valence-corrected chi connectivity index (χ0v) is 14.1. The highest BCUT2D eigenvalue weighted by Crippen LogP contribution is 2.21. The molecule has 26 heavy (non-hydrogen) atoms. The molecule has 3 aromatic rings. The smallest absolute Gasteiger partial charge is 0.256 e. The third-order valence-electron chi connectivity index (χ3n) is 3.74. The van der Waals surface area contributed by atoms with E-state index in [1.165, 1.54) is 22.8 Å². The Bertz CT molecular complexity index is 928. The number of hydrogen-bond acceptors (Lipinski definition) is 6. The number of anilines is 1. The van der Waals surface area contributed by atoms with Crippen LogP contribution in [0.4, 0.5) is 10.2 Å². The number of hydrogen-bond donors (Lipinski definition) is 3. The molecule has 0 saturated heterocycles. The van der Waals surface area contributed by atoms with Crippen molar-refractivity contribution in [2.75, 3.05) is 25.6 Å². The number of ether oxygens (including phenoxy) is 1. The molecule has 2 bridgehead atoms. The number of amides is 1.